The van der Waals surface area contributed by atoms with Crippen LogP contribution in [0.5, 0.6) is 0 Å². The number of nitrogens with zero attached hydrogens (tertiary/aromatic N) is 4. The Kier molecular flexibility index (Phi) is 3.24. The number of hydrogen-bond acceptors (Lipinski definition) is 3. The van der Waals surface area contributed by atoms with E-state index >= 15 is 0 Å². The molecule has 0 fully saturated rings. The maximum Gasteiger partial charge on any atom is 0.416 e. The van der Waals surface area contributed by atoms with Gasteiger partial charge in [-0.25, -0.2) is 0 Å². The second kappa shape index (κ2) is 5.23. The summed E-state index contributed by atoms with van der Waals surface area (Å²) in [6.45, 7) is 0. The first-order valence-electron chi connectivity index (χ1n) is 7.47. The predicted molar refractivity (Wildman–Crippen MR) is 85.6 cm³/mol. The number of alkyl halides is 3. The van der Waals surface area contributed by atoms with Crippen molar-refractivity contribution in [2.45, 2.75) is 6.18 Å². The number of rotatable bonds is 2. The lowest BCUT2D eigenvalue weighted by Crippen LogP contribution is -2.04. The molecule has 3 aromatic heterocycles. The molecule has 0 saturated heterocycles. The van der Waals surface area contributed by atoms with E-state index in [1.165, 1.54) is 6.07 Å². The molecule has 0 aliphatic rings. The van der Waals surface area contributed by atoms with Crippen molar-refractivity contribution in [3.05, 3.63) is 48.2 Å². The lowest BCUT2D eigenvalue weighted by atomic mass is 10.1. The van der Waals surface area contributed by atoms with Gasteiger partial charge in [-0.05, 0) is 36.4 Å². The maximum atomic E-state index is 12.9. The van der Waals surface area contributed by atoms with Crippen molar-refractivity contribution in [1.82, 2.24) is 19.3 Å². The molecule has 0 amide bonds. The SMILES string of the molecule is Cn1cccc1-c1nnc(-c2cc3cc(C(F)(F)F)ccc3n2C)o1. The van der Waals surface area contributed by atoms with Crippen LogP contribution in [0.2, 0.25) is 0 Å². The highest BCUT2D eigenvalue weighted by Gasteiger charge is 2.31. The molecule has 3 heterocycles. The topological polar surface area (TPSA) is 48.8 Å². The average molecular weight is 346 g/mol. The van der Waals surface area contributed by atoms with E-state index in [-0.39, 0.29) is 5.89 Å². The van der Waals surface area contributed by atoms with Gasteiger partial charge in [0.1, 0.15) is 11.4 Å². The van der Waals surface area contributed by atoms with Crippen LogP contribution in [0.15, 0.2) is 47.0 Å². The van der Waals surface area contributed by atoms with Crippen LogP contribution in [0.4, 0.5) is 13.2 Å². The summed E-state index contributed by atoms with van der Waals surface area (Å²) >= 11 is 0. The second-order valence-electron chi connectivity index (χ2n) is 5.78. The predicted octanol–water partition coefficient (Wildman–Crippen LogP) is 4.25. The summed E-state index contributed by atoms with van der Waals surface area (Å²) in [5.74, 6) is 0.604. The second-order valence-corrected chi connectivity index (χ2v) is 5.78. The summed E-state index contributed by atoms with van der Waals surface area (Å²) in [6.07, 6.45) is -2.52. The number of aryl methyl sites for hydroxylation is 2. The van der Waals surface area contributed by atoms with Crippen LogP contribution in [0, 0.1) is 0 Å². The fraction of sp³-hybridized carbons (Fsp3) is 0.176. The van der Waals surface area contributed by atoms with Gasteiger partial charge in [0.2, 0.25) is 0 Å². The largest absolute Gasteiger partial charge is 0.416 e. The van der Waals surface area contributed by atoms with Gasteiger partial charge in [-0.2, -0.15) is 13.2 Å². The quantitative estimate of drug-likeness (QED) is 0.545. The van der Waals surface area contributed by atoms with Crippen molar-refractivity contribution >= 4 is 10.9 Å². The van der Waals surface area contributed by atoms with Crippen molar-refractivity contribution in [1.29, 1.82) is 0 Å². The van der Waals surface area contributed by atoms with E-state index in [9.17, 15) is 13.2 Å². The van der Waals surface area contributed by atoms with Crippen LogP contribution in [0.1, 0.15) is 5.56 Å². The normalized spacial score (nSPS) is 12.2. The van der Waals surface area contributed by atoms with E-state index in [1.807, 2.05) is 29.9 Å². The number of fused-ring (bicyclic) bond motifs is 1. The molecule has 4 aromatic rings. The molecule has 0 aliphatic heterocycles. The monoisotopic (exact) mass is 346 g/mol. The molecule has 0 N–H and O–H groups in total. The highest BCUT2D eigenvalue weighted by Crippen LogP contribution is 2.34. The fourth-order valence-electron chi connectivity index (χ4n) is 2.84. The van der Waals surface area contributed by atoms with Crippen molar-refractivity contribution in [2.75, 3.05) is 0 Å². The first kappa shape index (κ1) is 15.5. The van der Waals surface area contributed by atoms with Gasteiger partial charge in [0, 0.05) is 31.2 Å². The van der Waals surface area contributed by atoms with Crippen LogP contribution >= 0.6 is 0 Å². The molecule has 0 unspecified atom stereocenters. The Labute approximate surface area is 140 Å². The highest BCUT2D eigenvalue weighted by atomic mass is 19.4. The third-order valence-corrected chi connectivity index (χ3v) is 4.18. The van der Waals surface area contributed by atoms with Crippen molar-refractivity contribution in [2.24, 2.45) is 14.1 Å². The smallest absolute Gasteiger partial charge is 0.413 e. The Morgan fingerprint density at radius 2 is 1.68 bits per heavy atom. The van der Waals surface area contributed by atoms with E-state index in [0.29, 0.717) is 22.5 Å². The van der Waals surface area contributed by atoms with E-state index < -0.39 is 11.7 Å². The minimum absolute atomic E-state index is 0.253. The molecule has 128 valence electrons. The van der Waals surface area contributed by atoms with Crippen molar-refractivity contribution in [3.8, 4) is 23.2 Å². The minimum Gasteiger partial charge on any atom is -0.413 e. The summed E-state index contributed by atoms with van der Waals surface area (Å²) in [6, 6.07) is 8.94. The molecule has 0 spiro atoms. The number of hydrogen-bond donors (Lipinski definition) is 0. The number of halogens is 3. The Morgan fingerprint density at radius 3 is 2.32 bits per heavy atom. The lowest BCUT2D eigenvalue weighted by Gasteiger charge is -2.06. The van der Waals surface area contributed by atoms with Gasteiger partial charge < -0.3 is 13.6 Å². The first-order valence-corrected chi connectivity index (χ1v) is 7.47. The Morgan fingerprint density at radius 1 is 0.960 bits per heavy atom. The van der Waals surface area contributed by atoms with Crippen LogP contribution < -0.4 is 0 Å². The third-order valence-electron chi connectivity index (χ3n) is 4.18. The van der Waals surface area contributed by atoms with E-state index in [1.54, 1.807) is 17.7 Å². The average Bonchev–Trinajstić information content (AvgIpc) is 3.25. The Balaban J connectivity index is 1.81. The van der Waals surface area contributed by atoms with Gasteiger partial charge in [0.25, 0.3) is 11.8 Å². The van der Waals surface area contributed by atoms with Gasteiger partial charge in [-0.1, -0.05) is 0 Å². The number of aromatic nitrogens is 4. The minimum atomic E-state index is -4.38. The summed E-state index contributed by atoms with van der Waals surface area (Å²) < 4.78 is 48.0. The zero-order valence-corrected chi connectivity index (χ0v) is 13.4. The summed E-state index contributed by atoms with van der Waals surface area (Å²) in [5.41, 5.74) is 1.29. The molecule has 5 nitrogen and oxygen atoms in total. The van der Waals surface area contributed by atoms with Crippen molar-refractivity contribution < 1.29 is 17.6 Å². The van der Waals surface area contributed by atoms with Gasteiger partial charge >= 0.3 is 6.18 Å². The summed E-state index contributed by atoms with van der Waals surface area (Å²) in [7, 11) is 3.60. The molecule has 4 rings (SSSR count). The maximum absolute atomic E-state index is 12.9. The Hall–Kier alpha value is -3.03. The molecule has 1 aromatic carbocycles. The molecular formula is C17H13F3N4O. The molecule has 25 heavy (non-hydrogen) atoms. The van der Waals surface area contributed by atoms with Gasteiger partial charge in [-0.3, -0.25) is 0 Å². The molecule has 0 bridgehead atoms. The van der Waals surface area contributed by atoms with Crippen LogP contribution in [0.25, 0.3) is 34.1 Å². The molecule has 8 heteroatoms. The molecule has 0 aliphatic carbocycles. The van der Waals surface area contributed by atoms with Crippen LogP contribution in [0.3, 0.4) is 0 Å². The van der Waals surface area contributed by atoms with Gasteiger partial charge in [-0.15, -0.1) is 10.2 Å². The molecule has 0 radical (unpaired) electrons. The fourth-order valence-corrected chi connectivity index (χ4v) is 2.84. The molecule has 0 saturated carbocycles. The zero-order valence-electron chi connectivity index (χ0n) is 13.4. The third kappa shape index (κ3) is 2.50. The zero-order chi connectivity index (χ0) is 17.8. The summed E-state index contributed by atoms with van der Waals surface area (Å²) in [5, 5.41) is 8.53. The van der Waals surface area contributed by atoms with Crippen LogP contribution in [-0.4, -0.2) is 19.3 Å². The van der Waals surface area contributed by atoms with Gasteiger partial charge in [0.15, 0.2) is 0 Å². The van der Waals surface area contributed by atoms with E-state index in [0.717, 1.165) is 17.8 Å². The number of benzene rings is 1. The first-order chi connectivity index (χ1) is 11.8. The lowest BCUT2D eigenvalue weighted by molar-refractivity contribution is -0.137. The van der Waals surface area contributed by atoms with E-state index in [4.69, 9.17) is 4.42 Å². The van der Waals surface area contributed by atoms with E-state index in [2.05, 4.69) is 10.2 Å². The molecular weight excluding hydrogens is 333 g/mol. The molecule has 0 atom stereocenters. The van der Waals surface area contributed by atoms with Gasteiger partial charge in [0.05, 0.1) is 5.56 Å². The summed E-state index contributed by atoms with van der Waals surface area (Å²) in [4.78, 5) is 0. The van der Waals surface area contributed by atoms with Crippen LogP contribution in [-0.2, 0) is 20.3 Å². The standard InChI is InChI=1S/C17H13F3N4O/c1-23-7-3-4-13(23)15-21-22-16(25-15)14-9-10-8-11(17(18,19)20)5-6-12(10)24(14)2/h3-9H,1-2H3. The van der Waals surface area contributed by atoms with Crippen molar-refractivity contribution in [3.63, 3.8) is 0 Å². The Bertz CT molecular complexity index is 1070. The highest BCUT2D eigenvalue weighted by molar-refractivity contribution is 5.86.